The Balaban J connectivity index is 1.59. The van der Waals surface area contributed by atoms with Crippen LogP contribution >= 0.6 is 0 Å². The highest BCUT2D eigenvalue weighted by molar-refractivity contribution is 6.04. The third-order valence-corrected chi connectivity index (χ3v) is 5.71. The third kappa shape index (κ3) is 3.55. The number of amides is 2. The van der Waals surface area contributed by atoms with Crippen LogP contribution in [0.3, 0.4) is 0 Å². The van der Waals surface area contributed by atoms with E-state index in [1.54, 1.807) is 24.3 Å². The first kappa shape index (κ1) is 20.6. The Bertz CT molecular complexity index is 1480. The molecule has 1 aliphatic heterocycles. The first-order valence-electron chi connectivity index (χ1n) is 10.5. The molecule has 0 unspecified atom stereocenters. The molecule has 5 rings (SSSR count). The van der Waals surface area contributed by atoms with Gasteiger partial charge in [-0.15, -0.1) is 0 Å². The first-order chi connectivity index (χ1) is 15.9. The molecule has 1 aliphatic rings. The highest BCUT2D eigenvalue weighted by atomic mass is 16.2. The van der Waals surface area contributed by atoms with Gasteiger partial charge >= 0.3 is 0 Å². The SMILES string of the molecule is CN1CCCN(C(=O)Cn2nc(C(N)=O)c3ccccc3c2=O)c2nc3ccccc3nc21. The molecule has 0 fully saturated rings. The van der Waals surface area contributed by atoms with Gasteiger partial charge < -0.3 is 10.6 Å². The lowest BCUT2D eigenvalue weighted by Gasteiger charge is -2.23. The lowest BCUT2D eigenvalue weighted by Crippen LogP contribution is -2.39. The second-order valence-corrected chi connectivity index (χ2v) is 7.90. The van der Waals surface area contributed by atoms with Crippen molar-refractivity contribution in [2.45, 2.75) is 13.0 Å². The molecule has 2 aromatic heterocycles. The average Bonchev–Trinajstić information content (AvgIpc) is 2.98. The number of nitrogens with two attached hydrogens (primary N) is 1. The van der Waals surface area contributed by atoms with E-state index in [0.29, 0.717) is 42.0 Å². The number of carbonyl (C=O) groups is 2. The molecule has 0 bridgehead atoms. The van der Waals surface area contributed by atoms with Crippen LogP contribution < -0.4 is 21.1 Å². The predicted molar refractivity (Wildman–Crippen MR) is 124 cm³/mol. The first-order valence-corrected chi connectivity index (χ1v) is 10.5. The summed E-state index contributed by atoms with van der Waals surface area (Å²) in [5.74, 6) is -0.123. The number of para-hydroxylation sites is 2. The van der Waals surface area contributed by atoms with Gasteiger partial charge in [0.25, 0.3) is 11.5 Å². The smallest absolute Gasteiger partial charge is 0.275 e. The molecule has 0 atom stereocenters. The molecule has 0 saturated heterocycles. The van der Waals surface area contributed by atoms with Crippen molar-refractivity contribution >= 4 is 45.3 Å². The molecule has 2 aromatic carbocycles. The number of hydrogen-bond donors (Lipinski definition) is 1. The fraction of sp³-hybridized carbons (Fsp3) is 0.217. The molecule has 33 heavy (non-hydrogen) atoms. The number of hydrogen-bond acceptors (Lipinski definition) is 7. The molecule has 10 nitrogen and oxygen atoms in total. The van der Waals surface area contributed by atoms with Crippen molar-refractivity contribution in [2.24, 2.45) is 5.73 Å². The summed E-state index contributed by atoms with van der Waals surface area (Å²) in [6.45, 7) is 0.750. The Morgan fingerprint density at radius 3 is 2.27 bits per heavy atom. The van der Waals surface area contributed by atoms with E-state index >= 15 is 0 Å². The van der Waals surface area contributed by atoms with Crippen LogP contribution in [0.1, 0.15) is 16.9 Å². The van der Waals surface area contributed by atoms with Gasteiger partial charge in [0.15, 0.2) is 17.3 Å². The molecular formula is C23H21N7O3. The average molecular weight is 443 g/mol. The van der Waals surface area contributed by atoms with Gasteiger partial charge in [0, 0.05) is 25.5 Å². The lowest BCUT2D eigenvalue weighted by atomic mass is 10.1. The fourth-order valence-electron chi connectivity index (χ4n) is 4.08. The number of nitrogens with zero attached hydrogens (tertiary/aromatic N) is 6. The zero-order chi connectivity index (χ0) is 23.1. The molecule has 2 amide bonds. The molecule has 0 saturated carbocycles. The van der Waals surface area contributed by atoms with Crippen molar-refractivity contribution < 1.29 is 9.59 Å². The van der Waals surface area contributed by atoms with E-state index in [0.717, 1.165) is 10.2 Å². The Kier molecular flexibility index (Phi) is 4.97. The molecule has 3 heterocycles. The quantitative estimate of drug-likeness (QED) is 0.506. The standard InChI is InChI=1S/C23H21N7O3/c1-28-11-6-12-29(22-21(28)25-16-9-4-5-10-17(16)26-22)18(31)13-30-23(33)15-8-3-2-7-14(15)19(27-30)20(24)32/h2-5,7-10H,6,11-13H2,1H3,(H2,24,32). The minimum Gasteiger partial charge on any atom is -0.364 e. The van der Waals surface area contributed by atoms with Crippen molar-refractivity contribution in [1.82, 2.24) is 19.7 Å². The van der Waals surface area contributed by atoms with Gasteiger partial charge in [-0.05, 0) is 24.6 Å². The van der Waals surface area contributed by atoms with Gasteiger partial charge in [-0.3, -0.25) is 19.3 Å². The number of rotatable bonds is 3. The van der Waals surface area contributed by atoms with Crippen molar-refractivity contribution in [1.29, 1.82) is 0 Å². The van der Waals surface area contributed by atoms with E-state index in [-0.39, 0.29) is 23.5 Å². The molecule has 0 radical (unpaired) electrons. The number of primary amides is 1. The molecular weight excluding hydrogens is 422 g/mol. The monoisotopic (exact) mass is 443 g/mol. The van der Waals surface area contributed by atoms with Crippen molar-refractivity contribution in [3.05, 3.63) is 64.6 Å². The minimum absolute atomic E-state index is 0.0558. The van der Waals surface area contributed by atoms with Gasteiger partial charge in [0.1, 0.15) is 6.54 Å². The topological polar surface area (TPSA) is 127 Å². The van der Waals surface area contributed by atoms with Crippen LogP contribution in [-0.2, 0) is 11.3 Å². The molecule has 4 aromatic rings. The van der Waals surface area contributed by atoms with Gasteiger partial charge in [0.2, 0.25) is 5.91 Å². The maximum absolute atomic E-state index is 13.4. The van der Waals surface area contributed by atoms with Crippen LogP contribution in [0.4, 0.5) is 11.6 Å². The summed E-state index contributed by atoms with van der Waals surface area (Å²) in [7, 11) is 1.91. The maximum atomic E-state index is 13.4. The normalized spacial score (nSPS) is 13.7. The van der Waals surface area contributed by atoms with Crippen LogP contribution in [0, 0.1) is 0 Å². The van der Waals surface area contributed by atoms with Gasteiger partial charge in [0.05, 0.1) is 16.4 Å². The Hall–Kier alpha value is -4.34. The summed E-state index contributed by atoms with van der Waals surface area (Å²) >= 11 is 0. The van der Waals surface area contributed by atoms with E-state index in [9.17, 15) is 14.4 Å². The lowest BCUT2D eigenvalue weighted by molar-refractivity contribution is -0.119. The van der Waals surface area contributed by atoms with Gasteiger partial charge in [-0.2, -0.15) is 5.10 Å². The molecule has 10 heteroatoms. The van der Waals surface area contributed by atoms with Gasteiger partial charge in [-0.1, -0.05) is 30.3 Å². The summed E-state index contributed by atoms with van der Waals surface area (Å²) in [5, 5.41) is 4.75. The summed E-state index contributed by atoms with van der Waals surface area (Å²) in [6.07, 6.45) is 0.698. The highest BCUT2D eigenvalue weighted by Gasteiger charge is 2.28. The zero-order valence-electron chi connectivity index (χ0n) is 17.9. The zero-order valence-corrected chi connectivity index (χ0v) is 17.9. The van der Waals surface area contributed by atoms with Crippen molar-refractivity contribution in [3.8, 4) is 0 Å². The Labute approximate surface area is 188 Å². The van der Waals surface area contributed by atoms with E-state index < -0.39 is 11.5 Å². The van der Waals surface area contributed by atoms with E-state index in [1.165, 1.54) is 4.90 Å². The minimum atomic E-state index is -0.772. The van der Waals surface area contributed by atoms with Crippen molar-refractivity contribution in [3.63, 3.8) is 0 Å². The third-order valence-electron chi connectivity index (χ3n) is 5.71. The second kappa shape index (κ2) is 7.97. The number of fused-ring (bicyclic) bond motifs is 3. The van der Waals surface area contributed by atoms with Crippen molar-refractivity contribution in [2.75, 3.05) is 29.9 Å². The van der Waals surface area contributed by atoms with Crippen LogP contribution in [0.15, 0.2) is 53.3 Å². The van der Waals surface area contributed by atoms with Crippen LogP contribution in [0.25, 0.3) is 21.8 Å². The number of carbonyl (C=O) groups excluding carboxylic acids is 2. The summed E-state index contributed by atoms with van der Waals surface area (Å²) in [5.41, 5.74) is 6.36. The fourth-order valence-corrected chi connectivity index (χ4v) is 4.08. The maximum Gasteiger partial charge on any atom is 0.275 e. The van der Waals surface area contributed by atoms with E-state index in [4.69, 9.17) is 15.7 Å². The highest BCUT2D eigenvalue weighted by Crippen LogP contribution is 2.30. The number of benzene rings is 2. The summed E-state index contributed by atoms with van der Waals surface area (Å²) < 4.78 is 0.994. The van der Waals surface area contributed by atoms with E-state index in [1.807, 2.05) is 36.2 Å². The molecule has 166 valence electrons. The predicted octanol–water partition coefficient (Wildman–Crippen LogP) is 1.31. The molecule has 0 aliphatic carbocycles. The van der Waals surface area contributed by atoms with Crippen LogP contribution in [-0.4, -0.2) is 51.7 Å². The summed E-state index contributed by atoms with van der Waals surface area (Å²) in [4.78, 5) is 51.3. The summed E-state index contributed by atoms with van der Waals surface area (Å²) in [6, 6.07) is 14.0. The van der Waals surface area contributed by atoms with Crippen LogP contribution in [0.5, 0.6) is 0 Å². The number of anilines is 2. The second-order valence-electron chi connectivity index (χ2n) is 7.90. The molecule has 2 N–H and O–H groups in total. The number of aromatic nitrogens is 4. The Morgan fingerprint density at radius 1 is 0.939 bits per heavy atom. The van der Waals surface area contributed by atoms with Crippen LogP contribution in [0.2, 0.25) is 0 Å². The van der Waals surface area contributed by atoms with Gasteiger partial charge in [-0.25, -0.2) is 14.6 Å². The Morgan fingerprint density at radius 2 is 1.58 bits per heavy atom. The van der Waals surface area contributed by atoms with E-state index in [2.05, 4.69) is 5.10 Å². The molecule has 0 spiro atoms. The largest absolute Gasteiger partial charge is 0.364 e.